The van der Waals surface area contributed by atoms with E-state index in [4.69, 9.17) is 4.74 Å². The van der Waals surface area contributed by atoms with Gasteiger partial charge in [-0.15, -0.1) is 0 Å². The lowest BCUT2D eigenvalue weighted by atomic mass is 9.98. The number of ether oxygens (including phenoxy) is 1. The van der Waals surface area contributed by atoms with E-state index >= 15 is 0 Å². The number of alkyl carbamates (subject to hydrolysis) is 1. The number of fused-ring (bicyclic) bond motifs is 3. The van der Waals surface area contributed by atoms with E-state index < -0.39 is 30.4 Å². The Morgan fingerprint density at radius 2 is 1.66 bits per heavy atom. The van der Waals surface area contributed by atoms with Crippen LogP contribution in [0.1, 0.15) is 36.8 Å². The average molecular weight is 437 g/mol. The van der Waals surface area contributed by atoms with Crippen LogP contribution in [0.25, 0.3) is 11.1 Å². The molecule has 3 atom stereocenters. The van der Waals surface area contributed by atoms with Crippen LogP contribution in [0.3, 0.4) is 0 Å². The lowest BCUT2D eigenvalue weighted by molar-refractivity contribution is -0.142. The molecule has 168 valence electrons. The highest BCUT2D eigenvalue weighted by molar-refractivity contribution is 5.89. The molecule has 2 N–H and O–H groups in total. The zero-order valence-electron chi connectivity index (χ0n) is 18.3. The molecule has 0 radical (unpaired) electrons. The van der Waals surface area contributed by atoms with Crippen molar-refractivity contribution in [3.05, 3.63) is 59.7 Å². The van der Waals surface area contributed by atoms with Crippen molar-refractivity contribution in [1.29, 1.82) is 0 Å². The molecular weight excluding hydrogens is 408 g/mol. The summed E-state index contributed by atoms with van der Waals surface area (Å²) in [7, 11) is 1.64. The van der Waals surface area contributed by atoms with Crippen LogP contribution in [0.5, 0.6) is 0 Å². The minimum Gasteiger partial charge on any atom is -0.481 e. The Morgan fingerprint density at radius 1 is 1.09 bits per heavy atom. The number of carboxylic acid groups (broad SMARTS) is 1. The Bertz CT molecular complexity index is 991. The second-order valence-corrected chi connectivity index (χ2v) is 8.81. The minimum atomic E-state index is -1.16. The summed E-state index contributed by atoms with van der Waals surface area (Å²) in [6, 6.07) is 14.8. The molecule has 2 aromatic rings. The van der Waals surface area contributed by atoms with E-state index in [1.807, 2.05) is 48.5 Å². The quantitative estimate of drug-likeness (QED) is 0.661. The Kier molecular flexibility index (Phi) is 6.17. The number of benzene rings is 2. The molecule has 0 heterocycles. The molecule has 1 fully saturated rings. The van der Waals surface area contributed by atoms with E-state index in [9.17, 15) is 19.5 Å². The number of carbonyl (C=O) groups excluding carboxylic acids is 2. The van der Waals surface area contributed by atoms with Gasteiger partial charge in [0, 0.05) is 19.5 Å². The van der Waals surface area contributed by atoms with Crippen LogP contribution in [0, 0.1) is 11.8 Å². The molecule has 2 aliphatic rings. The molecular formula is C25H28N2O5. The van der Waals surface area contributed by atoms with E-state index in [0.29, 0.717) is 18.4 Å². The number of carboxylic acids is 1. The maximum absolute atomic E-state index is 12.8. The second kappa shape index (κ2) is 9.02. The maximum Gasteiger partial charge on any atom is 0.407 e. The predicted molar refractivity (Wildman–Crippen MR) is 119 cm³/mol. The minimum absolute atomic E-state index is 0.100. The topological polar surface area (TPSA) is 95.9 Å². The molecule has 0 aliphatic heterocycles. The molecule has 7 nitrogen and oxygen atoms in total. The number of nitrogens with zero attached hydrogens (tertiary/aromatic N) is 1. The SMILES string of the molecule is CC1CC1CN(C)C(=O)C(CC(=O)O)NC(=O)OCC1c2ccccc2-c2ccccc21. The summed E-state index contributed by atoms with van der Waals surface area (Å²) in [5.74, 6) is -0.682. The molecule has 2 aromatic carbocycles. The summed E-state index contributed by atoms with van der Waals surface area (Å²) in [6.07, 6.45) is -0.228. The number of hydrogen-bond donors (Lipinski definition) is 2. The monoisotopic (exact) mass is 436 g/mol. The van der Waals surface area contributed by atoms with E-state index in [1.165, 1.54) is 4.90 Å². The Morgan fingerprint density at radius 3 is 2.19 bits per heavy atom. The van der Waals surface area contributed by atoms with Crippen LogP contribution >= 0.6 is 0 Å². The van der Waals surface area contributed by atoms with Gasteiger partial charge in [0.2, 0.25) is 5.91 Å². The fourth-order valence-electron chi connectivity index (χ4n) is 4.52. The van der Waals surface area contributed by atoms with Crippen molar-refractivity contribution < 1.29 is 24.2 Å². The lowest BCUT2D eigenvalue weighted by Crippen LogP contribution is -2.49. The highest BCUT2D eigenvalue weighted by atomic mass is 16.5. The number of aliphatic carboxylic acids is 1. The van der Waals surface area contributed by atoms with Crippen molar-refractivity contribution in [1.82, 2.24) is 10.2 Å². The van der Waals surface area contributed by atoms with Gasteiger partial charge < -0.3 is 20.1 Å². The highest BCUT2D eigenvalue weighted by Gasteiger charge is 2.36. The normalized spacial score (nSPS) is 19.4. The first kappa shape index (κ1) is 21.9. The first-order chi connectivity index (χ1) is 15.3. The maximum atomic E-state index is 12.8. The van der Waals surface area contributed by atoms with Crippen LogP contribution in [-0.4, -0.2) is 54.2 Å². The standard InChI is InChI=1S/C25H28N2O5/c1-15-11-16(15)13-27(2)24(30)22(12-23(28)29)26-25(31)32-14-21-19-9-5-3-7-17(19)18-8-4-6-10-20(18)21/h3-10,15-16,21-22H,11-14H2,1-2H3,(H,26,31)(H,28,29). The van der Waals surface area contributed by atoms with E-state index in [0.717, 1.165) is 28.7 Å². The molecule has 2 aliphatic carbocycles. The van der Waals surface area contributed by atoms with Gasteiger partial charge in [0.15, 0.2) is 0 Å². The Hall–Kier alpha value is -3.35. The number of nitrogens with one attached hydrogen (secondary N) is 1. The van der Waals surface area contributed by atoms with E-state index in [-0.39, 0.29) is 12.5 Å². The van der Waals surface area contributed by atoms with Crippen LogP contribution in [-0.2, 0) is 14.3 Å². The van der Waals surface area contributed by atoms with Crippen molar-refractivity contribution in [3.8, 4) is 11.1 Å². The van der Waals surface area contributed by atoms with Crippen LogP contribution in [0.2, 0.25) is 0 Å². The third kappa shape index (κ3) is 4.61. The zero-order chi connectivity index (χ0) is 22.8. The average Bonchev–Trinajstić information content (AvgIpc) is 3.36. The van der Waals surface area contributed by atoms with Crippen LogP contribution in [0.4, 0.5) is 4.79 Å². The molecule has 1 saturated carbocycles. The highest BCUT2D eigenvalue weighted by Crippen LogP contribution is 2.44. The third-order valence-corrected chi connectivity index (χ3v) is 6.47. The summed E-state index contributed by atoms with van der Waals surface area (Å²) in [5, 5.41) is 11.7. The second-order valence-electron chi connectivity index (χ2n) is 8.81. The molecule has 32 heavy (non-hydrogen) atoms. The summed E-state index contributed by atoms with van der Waals surface area (Å²) in [5.41, 5.74) is 4.40. The van der Waals surface area contributed by atoms with Gasteiger partial charge in [0.1, 0.15) is 12.6 Å². The summed E-state index contributed by atoms with van der Waals surface area (Å²) in [4.78, 5) is 38.1. The van der Waals surface area contributed by atoms with Crippen molar-refractivity contribution in [2.45, 2.75) is 31.7 Å². The number of hydrogen-bond acceptors (Lipinski definition) is 4. The zero-order valence-corrected chi connectivity index (χ0v) is 18.3. The largest absolute Gasteiger partial charge is 0.481 e. The van der Waals surface area contributed by atoms with Gasteiger partial charge in [-0.05, 0) is 40.5 Å². The van der Waals surface area contributed by atoms with E-state index in [1.54, 1.807) is 7.05 Å². The van der Waals surface area contributed by atoms with Crippen LogP contribution in [0.15, 0.2) is 48.5 Å². The summed E-state index contributed by atoms with van der Waals surface area (Å²) < 4.78 is 5.48. The molecule has 3 unspecified atom stereocenters. The van der Waals surface area contributed by atoms with Crippen LogP contribution < -0.4 is 5.32 Å². The first-order valence-electron chi connectivity index (χ1n) is 10.9. The van der Waals surface area contributed by atoms with Gasteiger partial charge in [-0.25, -0.2) is 4.79 Å². The molecule has 7 heteroatoms. The Balaban J connectivity index is 1.40. The number of likely N-dealkylation sites (N-methyl/N-ethyl adjacent to an activating group) is 1. The fraction of sp³-hybridized carbons (Fsp3) is 0.400. The van der Waals surface area contributed by atoms with Crippen molar-refractivity contribution in [3.63, 3.8) is 0 Å². The lowest BCUT2D eigenvalue weighted by Gasteiger charge is -2.24. The van der Waals surface area contributed by atoms with Crippen molar-refractivity contribution in [2.24, 2.45) is 11.8 Å². The number of carbonyl (C=O) groups is 3. The van der Waals surface area contributed by atoms with Gasteiger partial charge in [0.05, 0.1) is 6.42 Å². The van der Waals surface area contributed by atoms with E-state index in [2.05, 4.69) is 12.2 Å². The summed E-state index contributed by atoms with van der Waals surface area (Å²) >= 11 is 0. The third-order valence-electron chi connectivity index (χ3n) is 6.47. The molecule has 0 aromatic heterocycles. The van der Waals surface area contributed by atoms with Gasteiger partial charge in [-0.2, -0.15) is 0 Å². The fourth-order valence-corrected chi connectivity index (χ4v) is 4.52. The van der Waals surface area contributed by atoms with Crippen molar-refractivity contribution in [2.75, 3.05) is 20.2 Å². The molecule has 2 amide bonds. The van der Waals surface area contributed by atoms with Gasteiger partial charge in [-0.3, -0.25) is 9.59 Å². The van der Waals surface area contributed by atoms with Gasteiger partial charge in [-0.1, -0.05) is 55.5 Å². The summed E-state index contributed by atoms with van der Waals surface area (Å²) in [6.45, 7) is 2.78. The molecule has 0 saturated heterocycles. The molecule has 4 rings (SSSR count). The number of rotatable bonds is 8. The van der Waals surface area contributed by atoms with Crippen molar-refractivity contribution >= 4 is 18.0 Å². The first-order valence-corrected chi connectivity index (χ1v) is 10.9. The Labute approximate surface area is 187 Å². The number of amides is 2. The van der Waals surface area contributed by atoms with Gasteiger partial charge in [0.25, 0.3) is 0 Å². The van der Waals surface area contributed by atoms with Gasteiger partial charge >= 0.3 is 12.1 Å². The molecule has 0 bridgehead atoms. The predicted octanol–water partition coefficient (Wildman–Crippen LogP) is 3.48. The molecule has 0 spiro atoms. The smallest absolute Gasteiger partial charge is 0.407 e.